The fraction of sp³-hybridized carbons (Fsp3) is 0.263. The van der Waals surface area contributed by atoms with Crippen molar-refractivity contribution in [2.45, 2.75) is 10.9 Å². The molecule has 130 valence electrons. The molecule has 25 heavy (non-hydrogen) atoms. The highest BCUT2D eigenvalue weighted by Crippen LogP contribution is 2.42. The van der Waals surface area contributed by atoms with Gasteiger partial charge in [0.1, 0.15) is 0 Å². The van der Waals surface area contributed by atoms with E-state index in [1.54, 1.807) is 18.8 Å². The number of carbonyl (C=O) groups excluding carboxylic acids is 2. The summed E-state index contributed by atoms with van der Waals surface area (Å²) in [4.78, 5) is 27.3. The molecule has 0 fully saturated rings. The van der Waals surface area contributed by atoms with Gasteiger partial charge in [0.25, 0.3) is 0 Å². The first-order valence-corrected chi connectivity index (χ1v) is 9.19. The quantitative estimate of drug-likeness (QED) is 0.863. The predicted molar refractivity (Wildman–Crippen MR) is 101 cm³/mol. The Labute approximate surface area is 151 Å². The minimum atomic E-state index is -0.137. The summed E-state index contributed by atoms with van der Waals surface area (Å²) in [5.41, 5.74) is 2.04. The van der Waals surface area contributed by atoms with Gasteiger partial charge in [-0.05, 0) is 17.7 Å². The summed E-state index contributed by atoms with van der Waals surface area (Å²) in [5.74, 6) is 0.634. The van der Waals surface area contributed by atoms with E-state index in [9.17, 15) is 9.59 Å². The maximum atomic E-state index is 12.9. The van der Waals surface area contributed by atoms with Crippen molar-refractivity contribution >= 4 is 29.3 Å². The Morgan fingerprint density at radius 1 is 1.08 bits per heavy atom. The van der Waals surface area contributed by atoms with Gasteiger partial charge in [0.2, 0.25) is 11.8 Å². The number of likely N-dealkylation sites (N-methyl/N-ethyl adjacent to an activating group) is 1. The highest BCUT2D eigenvalue weighted by molar-refractivity contribution is 7.99. The van der Waals surface area contributed by atoms with Gasteiger partial charge in [0, 0.05) is 17.7 Å². The van der Waals surface area contributed by atoms with E-state index in [2.05, 4.69) is 22.8 Å². The number of nitrogens with one attached hydrogen (secondary N) is 2. The Morgan fingerprint density at radius 2 is 1.80 bits per heavy atom. The lowest BCUT2D eigenvalue weighted by Crippen LogP contribution is -2.44. The fourth-order valence-corrected chi connectivity index (χ4v) is 4.04. The molecule has 2 aromatic rings. The number of anilines is 1. The molecule has 0 unspecified atom stereocenters. The smallest absolute Gasteiger partial charge is 0.241 e. The molecule has 5 nitrogen and oxygen atoms in total. The molecule has 1 atom stereocenters. The van der Waals surface area contributed by atoms with Crippen molar-refractivity contribution in [3.63, 3.8) is 0 Å². The summed E-state index contributed by atoms with van der Waals surface area (Å²) < 4.78 is 0. The van der Waals surface area contributed by atoms with Crippen LogP contribution in [0.5, 0.6) is 0 Å². The molecule has 2 aromatic carbocycles. The maximum Gasteiger partial charge on any atom is 0.241 e. The number of carbonyl (C=O) groups is 2. The first-order valence-electron chi connectivity index (χ1n) is 8.21. The van der Waals surface area contributed by atoms with Gasteiger partial charge in [-0.2, -0.15) is 0 Å². The first-order chi connectivity index (χ1) is 12.2. The number of thioether (sulfide) groups is 1. The zero-order valence-electron chi connectivity index (χ0n) is 14.1. The zero-order valence-corrected chi connectivity index (χ0v) is 14.9. The van der Waals surface area contributed by atoms with Crippen LogP contribution in [0.2, 0.25) is 0 Å². The molecule has 1 aliphatic heterocycles. The van der Waals surface area contributed by atoms with E-state index in [0.29, 0.717) is 0 Å². The number of nitrogens with zero attached hydrogens (tertiary/aromatic N) is 1. The van der Waals surface area contributed by atoms with Gasteiger partial charge in [-0.1, -0.05) is 42.5 Å². The molecule has 3 rings (SSSR count). The van der Waals surface area contributed by atoms with Gasteiger partial charge in [0.15, 0.2) is 0 Å². The second-order valence-corrected chi connectivity index (χ2v) is 6.81. The van der Waals surface area contributed by atoms with Gasteiger partial charge in [0.05, 0.1) is 24.8 Å². The van der Waals surface area contributed by atoms with Crippen LogP contribution in [0, 0.1) is 0 Å². The number of fused-ring (bicyclic) bond motifs is 1. The van der Waals surface area contributed by atoms with Crippen molar-refractivity contribution < 1.29 is 9.59 Å². The molecule has 6 heteroatoms. The predicted octanol–water partition coefficient (Wildman–Crippen LogP) is 2.20. The number of hydrogen-bond acceptors (Lipinski definition) is 4. The van der Waals surface area contributed by atoms with Gasteiger partial charge in [-0.15, -0.1) is 11.8 Å². The average molecular weight is 355 g/mol. The van der Waals surface area contributed by atoms with Crippen LogP contribution in [-0.2, 0) is 9.59 Å². The van der Waals surface area contributed by atoms with Crippen LogP contribution in [0.25, 0.3) is 0 Å². The summed E-state index contributed by atoms with van der Waals surface area (Å²) in [7, 11) is 1.58. The molecule has 0 aromatic heterocycles. The van der Waals surface area contributed by atoms with Crippen molar-refractivity contribution in [1.82, 2.24) is 10.6 Å². The van der Waals surface area contributed by atoms with Crippen molar-refractivity contribution in [1.29, 1.82) is 0 Å². The topological polar surface area (TPSA) is 61.4 Å². The molecule has 0 aliphatic carbocycles. The monoisotopic (exact) mass is 355 g/mol. The molecule has 0 radical (unpaired) electrons. The number of amides is 2. The van der Waals surface area contributed by atoms with Crippen LogP contribution in [-0.4, -0.2) is 37.7 Å². The lowest BCUT2D eigenvalue weighted by molar-refractivity contribution is -0.120. The SMILES string of the molecule is CNC(=O)CNCC(=O)N1c2ccccc2SC[C@H]1c1ccccc1. The second kappa shape index (κ2) is 8.18. The van der Waals surface area contributed by atoms with Crippen LogP contribution in [0.4, 0.5) is 5.69 Å². The number of rotatable bonds is 5. The van der Waals surface area contributed by atoms with Gasteiger partial charge in [-0.25, -0.2) is 0 Å². The summed E-state index contributed by atoms with van der Waals surface area (Å²) in [6.07, 6.45) is 0. The third-order valence-electron chi connectivity index (χ3n) is 4.13. The van der Waals surface area contributed by atoms with Crippen molar-refractivity contribution in [3.05, 3.63) is 60.2 Å². The Balaban J connectivity index is 1.84. The van der Waals surface area contributed by atoms with Crippen LogP contribution >= 0.6 is 11.8 Å². The lowest BCUT2D eigenvalue weighted by Gasteiger charge is -2.37. The minimum Gasteiger partial charge on any atom is -0.358 e. The second-order valence-electron chi connectivity index (χ2n) is 5.75. The summed E-state index contributed by atoms with van der Waals surface area (Å²) in [5, 5.41) is 5.46. The number of hydrogen-bond donors (Lipinski definition) is 2. The average Bonchev–Trinajstić information content (AvgIpc) is 2.67. The van der Waals surface area contributed by atoms with E-state index < -0.39 is 0 Å². The Hall–Kier alpha value is -2.31. The van der Waals surface area contributed by atoms with E-state index >= 15 is 0 Å². The largest absolute Gasteiger partial charge is 0.358 e. The van der Waals surface area contributed by atoms with Crippen molar-refractivity contribution in [2.75, 3.05) is 30.8 Å². The molecule has 1 aliphatic rings. The van der Waals surface area contributed by atoms with Crippen LogP contribution in [0.3, 0.4) is 0 Å². The van der Waals surface area contributed by atoms with E-state index in [0.717, 1.165) is 21.9 Å². The standard InChI is InChI=1S/C19H21N3O2S/c1-20-18(23)11-21-12-19(24)22-15-9-5-6-10-17(15)25-13-16(22)14-7-3-2-4-8-14/h2-10,16,21H,11-13H2,1H3,(H,20,23)/t16-/m0/s1. The molecule has 0 spiro atoms. The van der Waals surface area contributed by atoms with E-state index in [-0.39, 0.29) is 30.9 Å². The summed E-state index contributed by atoms with van der Waals surface area (Å²) in [6.45, 7) is 0.248. The summed E-state index contributed by atoms with van der Waals surface area (Å²) in [6, 6.07) is 18.0. The van der Waals surface area contributed by atoms with Gasteiger partial charge < -0.3 is 10.2 Å². The molecular formula is C19H21N3O2S. The minimum absolute atomic E-state index is 0.0181. The summed E-state index contributed by atoms with van der Waals surface area (Å²) >= 11 is 1.77. The molecule has 0 saturated heterocycles. The Bertz CT molecular complexity index is 751. The van der Waals surface area contributed by atoms with Crippen LogP contribution in [0.1, 0.15) is 11.6 Å². The van der Waals surface area contributed by atoms with E-state index in [1.165, 1.54) is 0 Å². The molecule has 0 bridgehead atoms. The molecule has 2 amide bonds. The van der Waals surface area contributed by atoms with E-state index in [4.69, 9.17) is 0 Å². The fourth-order valence-electron chi connectivity index (χ4n) is 2.87. The molecule has 2 N–H and O–H groups in total. The third kappa shape index (κ3) is 4.03. The Kier molecular flexibility index (Phi) is 5.73. The van der Waals surface area contributed by atoms with Crippen molar-refractivity contribution in [3.8, 4) is 0 Å². The lowest BCUT2D eigenvalue weighted by atomic mass is 10.1. The molecule has 0 saturated carbocycles. The highest BCUT2D eigenvalue weighted by atomic mass is 32.2. The Morgan fingerprint density at radius 3 is 2.56 bits per heavy atom. The third-order valence-corrected chi connectivity index (χ3v) is 5.27. The highest BCUT2D eigenvalue weighted by Gasteiger charge is 2.32. The van der Waals surface area contributed by atoms with Gasteiger partial charge >= 0.3 is 0 Å². The van der Waals surface area contributed by atoms with Crippen LogP contribution in [0.15, 0.2) is 59.5 Å². The van der Waals surface area contributed by atoms with Gasteiger partial charge in [-0.3, -0.25) is 14.9 Å². The first kappa shape index (κ1) is 17.5. The zero-order chi connectivity index (χ0) is 17.6. The van der Waals surface area contributed by atoms with E-state index in [1.807, 2.05) is 47.4 Å². The molecule has 1 heterocycles. The normalized spacial score (nSPS) is 16.2. The van der Waals surface area contributed by atoms with Crippen molar-refractivity contribution in [2.24, 2.45) is 0 Å². The van der Waals surface area contributed by atoms with Crippen LogP contribution < -0.4 is 15.5 Å². The molecular weight excluding hydrogens is 334 g/mol. The maximum absolute atomic E-state index is 12.9. The number of para-hydroxylation sites is 1. The number of benzene rings is 2.